The second-order valence-corrected chi connectivity index (χ2v) is 8.54. The minimum Gasteiger partial charge on any atom is -0.335 e. The van der Waals surface area contributed by atoms with Crippen LogP contribution in [0.2, 0.25) is 0 Å². The van der Waals surface area contributed by atoms with Gasteiger partial charge >= 0.3 is 0 Å². The Morgan fingerprint density at radius 1 is 0.962 bits per heavy atom. The molecule has 6 nitrogen and oxygen atoms in total. The van der Waals surface area contributed by atoms with Gasteiger partial charge in [-0.05, 0) is 56.2 Å². The molecule has 3 rings (SSSR count). The van der Waals surface area contributed by atoms with Crippen LogP contribution in [0, 0.1) is 20.8 Å². The molecule has 0 bridgehead atoms. The highest BCUT2D eigenvalue weighted by Gasteiger charge is 2.30. The van der Waals surface area contributed by atoms with E-state index in [0.29, 0.717) is 23.7 Å². The van der Waals surface area contributed by atoms with Gasteiger partial charge in [0.2, 0.25) is 10.0 Å². The van der Waals surface area contributed by atoms with Gasteiger partial charge in [-0.25, -0.2) is 13.4 Å². The van der Waals surface area contributed by atoms with E-state index in [-0.39, 0.29) is 19.0 Å². The Morgan fingerprint density at radius 3 is 2.27 bits per heavy atom. The van der Waals surface area contributed by atoms with Crippen molar-refractivity contribution in [3.63, 3.8) is 0 Å². The van der Waals surface area contributed by atoms with Crippen molar-refractivity contribution in [2.45, 2.75) is 25.7 Å². The van der Waals surface area contributed by atoms with Crippen LogP contribution in [0.4, 0.5) is 0 Å². The Bertz CT molecular complexity index is 933. The zero-order valence-electron chi connectivity index (χ0n) is 15.3. The number of aromatic nitrogens is 1. The molecule has 1 fully saturated rings. The number of pyridine rings is 1. The maximum Gasteiger partial charge on any atom is 0.272 e. The molecule has 2 aromatic rings. The van der Waals surface area contributed by atoms with Crippen molar-refractivity contribution in [2.75, 3.05) is 26.2 Å². The molecule has 2 heterocycles. The fourth-order valence-corrected chi connectivity index (χ4v) is 4.49. The Hall–Kier alpha value is -2.25. The molecule has 1 amide bonds. The topological polar surface area (TPSA) is 70.6 Å². The Balaban J connectivity index is 1.71. The lowest BCUT2D eigenvalue weighted by molar-refractivity contribution is 0.0691. The lowest BCUT2D eigenvalue weighted by atomic mass is 10.1. The maximum absolute atomic E-state index is 12.9. The molecule has 7 heteroatoms. The highest BCUT2D eigenvalue weighted by Crippen LogP contribution is 2.21. The number of rotatable bonds is 3. The van der Waals surface area contributed by atoms with Gasteiger partial charge in [0, 0.05) is 31.9 Å². The summed E-state index contributed by atoms with van der Waals surface area (Å²) in [6.45, 7) is 6.98. The first-order chi connectivity index (χ1) is 12.3. The second-order valence-electron chi connectivity index (χ2n) is 6.61. The number of benzene rings is 1. The molecule has 0 aliphatic carbocycles. The first-order valence-electron chi connectivity index (χ1n) is 8.59. The molecular weight excluding hydrogens is 350 g/mol. The zero-order valence-corrected chi connectivity index (χ0v) is 16.1. The van der Waals surface area contributed by atoms with Gasteiger partial charge in [0.1, 0.15) is 5.69 Å². The number of hydrogen-bond donors (Lipinski definition) is 0. The first kappa shape index (κ1) is 18.5. The predicted octanol–water partition coefficient (Wildman–Crippen LogP) is 2.15. The molecule has 1 aromatic carbocycles. The SMILES string of the molecule is Cc1cccc(C(=O)N2CCN(S(=O)(=O)c3ccc(C)c(C)c3)CC2)n1. The van der Waals surface area contributed by atoms with Crippen LogP contribution >= 0.6 is 0 Å². The molecule has 1 aliphatic heterocycles. The molecule has 1 aliphatic rings. The smallest absolute Gasteiger partial charge is 0.272 e. The Kier molecular flexibility index (Phi) is 5.11. The van der Waals surface area contributed by atoms with Crippen molar-refractivity contribution >= 4 is 15.9 Å². The highest BCUT2D eigenvalue weighted by molar-refractivity contribution is 7.89. The van der Waals surface area contributed by atoms with Crippen LogP contribution in [-0.2, 0) is 10.0 Å². The molecule has 1 saturated heterocycles. The summed E-state index contributed by atoms with van der Waals surface area (Å²) in [5.41, 5.74) is 3.19. The van der Waals surface area contributed by atoms with Crippen molar-refractivity contribution in [1.29, 1.82) is 0 Å². The van der Waals surface area contributed by atoms with Crippen molar-refractivity contribution in [1.82, 2.24) is 14.2 Å². The standard InChI is InChI=1S/C19H23N3O3S/c1-14-7-8-17(13-15(14)2)26(24,25)22-11-9-21(10-12-22)19(23)18-6-4-5-16(3)20-18/h4-8,13H,9-12H2,1-3H3. The number of nitrogens with zero attached hydrogens (tertiary/aromatic N) is 3. The number of sulfonamides is 1. The van der Waals surface area contributed by atoms with Crippen molar-refractivity contribution < 1.29 is 13.2 Å². The summed E-state index contributed by atoms with van der Waals surface area (Å²) < 4.78 is 27.2. The average molecular weight is 373 g/mol. The maximum atomic E-state index is 12.9. The van der Waals surface area contributed by atoms with E-state index in [0.717, 1.165) is 16.8 Å². The van der Waals surface area contributed by atoms with Gasteiger partial charge in [-0.1, -0.05) is 12.1 Å². The van der Waals surface area contributed by atoms with Crippen LogP contribution in [-0.4, -0.2) is 54.7 Å². The van der Waals surface area contributed by atoms with Gasteiger partial charge in [-0.15, -0.1) is 0 Å². The first-order valence-corrected chi connectivity index (χ1v) is 10.0. The van der Waals surface area contributed by atoms with E-state index in [2.05, 4.69) is 4.98 Å². The van der Waals surface area contributed by atoms with E-state index < -0.39 is 10.0 Å². The Morgan fingerprint density at radius 2 is 1.65 bits per heavy atom. The number of amides is 1. The predicted molar refractivity (Wildman–Crippen MR) is 99.6 cm³/mol. The summed E-state index contributed by atoms with van der Waals surface area (Å²) in [5.74, 6) is -0.156. The van der Waals surface area contributed by atoms with Crippen LogP contribution in [0.15, 0.2) is 41.3 Å². The molecule has 26 heavy (non-hydrogen) atoms. The van der Waals surface area contributed by atoms with Crippen molar-refractivity contribution in [3.8, 4) is 0 Å². The Labute approximate surface area is 154 Å². The molecule has 0 spiro atoms. The summed E-state index contributed by atoms with van der Waals surface area (Å²) in [6, 6.07) is 10.5. The normalized spacial score (nSPS) is 15.9. The lowest BCUT2D eigenvalue weighted by Gasteiger charge is -2.34. The summed E-state index contributed by atoms with van der Waals surface area (Å²) in [6.07, 6.45) is 0. The van der Waals surface area contributed by atoms with Crippen LogP contribution < -0.4 is 0 Å². The molecule has 0 radical (unpaired) electrons. The summed E-state index contributed by atoms with van der Waals surface area (Å²) in [4.78, 5) is 18.8. The van der Waals surface area contributed by atoms with E-state index in [1.165, 1.54) is 4.31 Å². The monoisotopic (exact) mass is 373 g/mol. The molecular formula is C19H23N3O3S. The van der Waals surface area contributed by atoms with E-state index >= 15 is 0 Å². The van der Waals surface area contributed by atoms with E-state index in [4.69, 9.17) is 0 Å². The molecule has 0 unspecified atom stereocenters. The fourth-order valence-electron chi connectivity index (χ4n) is 2.98. The average Bonchev–Trinajstić information content (AvgIpc) is 2.63. The minimum absolute atomic E-state index is 0.156. The van der Waals surface area contributed by atoms with E-state index in [9.17, 15) is 13.2 Å². The van der Waals surface area contributed by atoms with Gasteiger partial charge < -0.3 is 4.90 Å². The van der Waals surface area contributed by atoms with E-state index in [1.807, 2.05) is 32.9 Å². The second kappa shape index (κ2) is 7.17. The zero-order chi connectivity index (χ0) is 18.9. The number of aryl methyl sites for hydroxylation is 3. The van der Waals surface area contributed by atoms with Crippen LogP contribution in [0.25, 0.3) is 0 Å². The van der Waals surface area contributed by atoms with Gasteiger partial charge in [-0.2, -0.15) is 4.31 Å². The van der Waals surface area contributed by atoms with Crippen molar-refractivity contribution in [3.05, 3.63) is 58.9 Å². The third-order valence-electron chi connectivity index (χ3n) is 4.75. The van der Waals surface area contributed by atoms with Gasteiger partial charge in [0.15, 0.2) is 0 Å². The molecule has 1 aromatic heterocycles. The third kappa shape index (κ3) is 3.64. The fraction of sp³-hybridized carbons (Fsp3) is 0.368. The molecule has 138 valence electrons. The van der Waals surface area contributed by atoms with Gasteiger partial charge in [0.05, 0.1) is 4.90 Å². The number of carbonyl (C=O) groups excluding carboxylic acids is 1. The van der Waals surface area contributed by atoms with Crippen LogP contribution in [0.1, 0.15) is 27.3 Å². The van der Waals surface area contributed by atoms with Gasteiger partial charge in [-0.3, -0.25) is 4.79 Å². The largest absolute Gasteiger partial charge is 0.335 e. The summed E-state index contributed by atoms with van der Waals surface area (Å²) in [7, 11) is -3.54. The van der Waals surface area contributed by atoms with E-state index in [1.54, 1.807) is 29.2 Å². The number of hydrogen-bond acceptors (Lipinski definition) is 4. The summed E-state index contributed by atoms with van der Waals surface area (Å²) >= 11 is 0. The molecule has 0 saturated carbocycles. The molecule has 0 atom stereocenters. The van der Waals surface area contributed by atoms with Crippen molar-refractivity contribution in [2.24, 2.45) is 0 Å². The summed E-state index contributed by atoms with van der Waals surface area (Å²) in [5, 5.41) is 0. The lowest BCUT2D eigenvalue weighted by Crippen LogP contribution is -2.50. The van der Waals surface area contributed by atoms with Crippen LogP contribution in [0.5, 0.6) is 0 Å². The molecule has 0 N–H and O–H groups in total. The van der Waals surface area contributed by atoms with Crippen LogP contribution in [0.3, 0.4) is 0 Å². The number of carbonyl (C=O) groups is 1. The minimum atomic E-state index is -3.54. The highest BCUT2D eigenvalue weighted by atomic mass is 32.2. The number of piperazine rings is 1. The van der Waals surface area contributed by atoms with Gasteiger partial charge in [0.25, 0.3) is 5.91 Å². The quantitative estimate of drug-likeness (QED) is 0.827. The third-order valence-corrected chi connectivity index (χ3v) is 6.64.